The number of fused-ring (bicyclic) bond motifs is 1. The van der Waals surface area contributed by atoms with Crippen LogP contribution in [0.25, 0.3) is 6.08 Å². The molecule has 1 heterocycles. The van der Waals surface area contributed by atoms with Crippen LogP contribution in [-0.4, -0.2) is 35.8 Å². The average molecular weight is 374 g/mol. The van der Waals surface area contributed by atoms with Crippen LogP contribution in [0.15, 0.2) is 48.5 Å². The van der Waals surface area contributed by atoms with Crippen molar-refractivity contribution in [1.82, 2.24) is 4.90 Å². The van der Waals surface area contributed by atoms with Gasteiger partial charge in [-0.25, -0.2) is 9.18 Å². The van der Waals surface area contributed by atoms with E-state index < -0.39 is 23.6 Å². The van der Waals surface area contributed by atoms with Gasteiger partial charge in [0.2, 0.25) is 0 Å². The Morgan fingerprint density at radius 2 is 1.77 bits per heavy atom. The molecule has 1 aliphatic heterocycles. The van der Waals surface area contributed by atoms with E-state index in [2.05, 4.69) is 0 Å². The standard InChI is InChI=1S/C19H13ClFNO4/c20-15-11-12(5-7-16(15)21)6-8-17(23)26-10-9-22-18(24)13-3-1-2-4-14(13)19(22)25/h1-8,11H,9-10H2/b8-6+. The van der Waals surface area contributed by atoms with Crippen molar-refractivity contribution < 1.29 is 23.5 Å². The van der Waals surface area contributed by atoms with Crippen LogP contribution in [0.2, 0.25) is 5.02 Å². The molecule has 1 aliphatic rings. The number of carbonyl (C=O) groups is 3. The number of halogens is 2. The Kier molecular flexibility index (Phi) is 5.14. The van der Waals surface area contributed by atoms with E-state index in [1.165, 1.54) is 24.3 Å². The fourth-order valence-corrected chi connectivity index (χ4v) is 2.70. The van der Waals surface area contributed by atoms with Gasteiger partial charge in [-0.2, -0.15) is 0 Å². The summed E-state index contributed by atoms with van der Waals surface area (Å²) in [5.74, 6) is -2.01. The summed E-state index contributed by atoms with van der Waals surface area (Å²) in [6.07, 6.45) is 2.58. The number of hydrogen-bond acceptors (Lipinski definition) is 4. The second kappa shape index (κ2) is 7.49. The lowest BCUT2D eigenvalue weighted by atomic mass is 10.1. The first kappa shape index (κ1) is 17.8. The highest BCUT2D eigenvalue weighted by Gasteiger charge is 2.34. The zero-order chi connectivity index (χ0) is 18.7. The molecule has 0 unspecified atom stereocenters. The van der Waals surface area contributed by atoms with E-state index in [4.69, 9.17) is 16.3 Å². The molecule has 0 spiro atoms. The molecule has 26 heavy (non-hydrogen) atoms. The largest absolute Gasteiger partial charge is 0.461 e. The maximum absolute atomic E-state index is 13.1. The van der Waals surface area contributed by atoms with E-state index in [0.29, 0.717) is 16.7 Å². The van der Waals surface area contributed by atoms with Crippen LogP contribution in [0.1, 0.15) is 26.3 Å². The quantitative estimate of drug-likeness (QED) is 0.458. The molecule has 0 atom stereocenters. The Balaban J connectivity index is 1.53. The zero-order valence-corrected chi connectivity index (χ0v) is 14.2. The Bertz CT molecular complexity index is 891. The van der Waals surface area contributed by atoms with Gasteiger partial charge in [0, 0.05) is 6.08 Å². The summed E-state index contributed by atoms with van der Waals surface area (Å²) in [7, 11) is 0. The number of hydrogen-bond donors (Lipinski definition) is 0. The predicted octanol–water partition coefficient (Wildman–Crippen LogP) is 3.33. The monoisotopic (exact) mass is 373 g/mol. The first-order valence-electron chi connectivity index (χ1n) is 7.72. The molecule has 0 aromatic heterocycles. The summed E-state index contributed by atoms with van der Waals surface area (Å²) in [5.41, 5.74) is 1.22. The van der Waals surface area contributed by atoms with E-state index in [1.54, 1.807) is 24.3 Å². The highest BCUT2D eigenvalue weighted by Crippen LogP contribution is 2.22. The lowest BCUT2D eigenvalue weighted by Crippen LogP contribution is -2.33. The highest BCUT2D eigenvalue weighted by molar-refractivity contribution is 6.30. The van der Waals surface area contributed by atoms with Crippen LogP contribution >= 0.6 is 11.6 Å². The topological polar surface area (TPSA) is 63.7 Å². The van der Waals surface area contributed by atoms with E-state index in [-0.39, 0.29) is 18.2 Å². The van der Waals surface area contributed by atoms with E-state index in [0.717, 1.165) is 11.0 Å². The van der Waals surface area contributed by atoms with Gasteiger partial charge in [0.05, 0.1) is 22.7 Å². The third-order valence-corrected chi connectivity index (χ3v) is 4.08. The number of ether oxygens (including phenoxy) is 1. The van der Waals surface area contributed by atoms with Crippen LogP contribution in [0.5, 0.6) is 0 Å². The van der Waals surface area contributed by atoms with Crippen LogP contribution in [0.3, 0.4) is 0 Å². The van der Waals surface area contributed by atoms with Gasteiger partial charge in [-0.1, -0.05) is 29.8 Å². The van der Waals surface area contributed by atoms with Crippen molar-refractivity contribution in [2.75, 3.05) is 13.2 Å². The minimum atomic E-state index is -0.651. The van der Waals surface area contributed by atoms with Crippen molar-refractivity contribution in [2.24, 2.45) is 0 Å². The van der Waals surface area contributed by atoms with Gasteiger partial charge in [-0.15, -0.1) is 0 Å². The molecule has 7 heteroatoms. The number of nitrogens with zero attached hydrogens (tertiary/aromatic N) is 1. The van der Waals surface area contributed by atoms with Gasteiger partial charge in [0.25, 0.3) is 11.8 Å². The van der Waals surface area contributed by atoms with Crippen molar-refractivity contribution >= 4 is 35.5 Å². The first-order valence-corrected chi connectivity index (χ1v) is 8.10. The SMILES string of the molecule is O=C(/C=C/c1ccc(F)c(Cl)c1)OCCN1C(=O)c2ccccc2C1=O. The van der Waals surface area contributed by atoms with E-state index in [1.807, 2.05) is 0 Å². The van der Waals surface area contributed by atoms with Gasteiger partial charge >= 0.3 is 5.97 Å². The molecule has 0 saturated heterocycles. The van der Waals surface area contributed by atoms with Crippen molar-refractivity contribution in [3.63, 3.8) is 0 Å². The Morgan fingerprint density at radius 1 is 1.12 bits per heavy atom. The molecule has 2 aromatic carbocycles. The predicted molar refractivity (Wildman–Crippen MR) is 93.2 cm³/mol. The summed E-state index contributed by atoms with van der Waals surface area (Å²) in [4.78, 5) is 37.1. The Labute approximate surface area is 153 Å². The van der Waals surface area contributed by atoms with Crippen LogP contribution < -0.4 is 0 Å². The minimum absolute atomic E-state index is 0.0334. The number of esters is 1. The molecule has 5 nitrogen and oxygen atoms in total. The summed E-state index contributed by atoms with van der Waals surface area (Å²) in [5, 5.41) is -0.0499. The maximum Gasteiger partial charge on any atom is 0.330 e. The van der Waals surface area contributed by atoms with Crippen molar-refractivity contribution in [3.05, 3.63) is 76.1 Å². The third kappa shape index (κ3) is 3.65. The summed E-state index contributed by atoms with van der Waals surface area (Å²) >= 11 is 5.66. The number of rotatable bonds is 5. The summed E-state index contributed by atoms with van der Waals surface area (Å²) in [6.45, 7) is -0.160. The molecule has 0 aliphatic carbocycles. The smallest absolute Gasteiger partial charge is 0.330 e. The Hall–Kier alpha value is -2.99. The van der Waals surface area contributed by atoms with Gasteiger partial charge in [0.1, 0.15) is 12.4 Å². The normalized spacial score (nSPS) is 13.4. The summed E-state index contributed by atoms with van der Waals surface area (Å²) < 4.78 is 18.1. The first-order chi connectivity index (χ1) is 12.5. The molecule has 0 radical (unpaired) electrons. The van der Waals surface area contributed by atoms with Gasteiger partial charge in [-0.3, -0.25) is 14.5 Å². The number of imide groups is 1. The third-order valence-electron chi connectivity index (χ3n) is 3.79. The lowest BCUT2D eigenvalue weighted by Gasteiger charge is -2.13. The fraction of sp³-hybridized carbons (Fsp3) is 0.105. The molecule has 0 fully saturated rings. The lowest BCUT2D eigenvalue weighted by molar-refractivity contribution is -0.137. The molecule has 2 amide bonds. The number of amides is 2. The van der Waals surface area contributed by atoms with E-state index in [9.17, 15) is 18.8 Å². The highest BCUT2D eigenvalue weighted by atomic mass is 35.5. The minimum Gasteiger partial charge on any atom is -0.461 e. The second-order valence-corrected chi connectivity index (χ2v) is 5.89. The molecular formula is C19H13ClFNO4. The molecule has 0 saturated carbocycles. The number of carbonyl (C=O) groups excluding carboxylic acids is 3. The number of benzene rings is 2. The van der Waals surface area contributed by atoms with Crippen molar-refractivity contribution in [2.45, 2.75) is 0 Å². The van der Waals surface area contributed by atoms with Crippen LogP contribution in [0.4, 0.5) is 4.39 Å². The van der Waals surface area contributed by atoms with Gasteiger partial charge < -0.3 is 4.74 Å². The molecule has 0 bridgehead atoms. The zero-order valence-electron chi connectivity index (χ0n) is 13.4. The molecule has 3 rings (SSSR count). The maximum atomic E-state index is 13.1. The van der Waals surface area contributed by atoms with Crippen molar-refractivity contribution in [1.29, 1.82) is 0 Å². The fourth-order valence-electron chi connectivity index (χ4n) is 2.51. The van der Waals surface area contributed by atoms with Crippen molar-refractivity contribution in [3.8, 4) is 0 Å². The molecule has 132 valence electrons. The van der Waals surface area contributed by atoms with Gasteiger partial charge in [-0.05, 0) is 35.9 Å². The average Bonchev–Trinajstić information content (AvgIpc) is 2.88. The molecule has 2 aromatic rings. The van der Waals surface area contributed by atoms with Gasteiger partial charge in [0.15, 0.2) is 0 Å². The molecular weight excluding hydrogens is 361 g/mol. The Morgan fingerprint density at radius 3 is 2.38 bits per heavy atom. The second-order valence-electron chi connectivity index (χ2n) is 5.48. The summed E-state index contributed by atoms with van der Waals surface area (Å²) in [6, 6.07) is 10.6. The van der Waals surface area contributed by atoms with E-state index >= 15 is 0 Å². The van der Waals surface area contributed by atoms with Crippen LogP contribution in [-0.2, 0) is 9.53 Å². The van der Waals surface area contributed by atoms with Crippen LogP contribution in [0, 0.1) is 5.82 Å². The molecule has 0 N–H and O–H groups in total.